The van der Waals surface area contributed by atoms with E-state index in [1.807, 2.05) is 18.2 Å². The van der Waals surface area contributed by atoms with Gasteiger partial charge >= 0.3 is 0 Å². The highest BCUT2D eigenvalue weighted by atomic mass is 16.3. The quantitative estimate of drug-likeness (QED) is 0.748. The van der Waals surface area contributed by atoms with Crippen molar-refractivity contribution < 1.29 is 9.90 Å². The minimum Gasteiger partial charge on any atom is -0.385 e. The van der Waals surface area contributed by atoms with Crippen molar-refractivity contribution in [1.29, 1.82) is 0 Å². The standard InChI is InChI=1S/C17H17N5O2/c1-17(24,13-6-3-2-4-7-13)10-15(23)21-14-8-5-9-19-16(14)22-12-18-11-20-22/h2-9,11-12,24H,10H2,1H3,(H,21,23). The van der Waals surface area contributed by atoms with E-state index in [1.54, 1.807) is 37.4 Å². The van der Waals surface area contributed by atoms with E-state index in [1.165, 1.54) is 17.3 Å². The fourth-order valence-electron chi connectivity index (χ4n) is 2.40. The van der Waals surface area contributed by atoms with Crippen LogP contribution < -0.4 is 5.32 Å². The number of rotatable bonds is 5. The van der Waals surface area contributed by atoms with E-state index in [-0.39, 0.29) is 12.3 Å². The zero-order valence-electron chi connectivity index (χ0n) is 13.1. The molecule has 0 bridgehead atoms. The molecule has 1 amide bonds. The Labute approximate surface area is 139 Å². The molecule has 2 aromatic heterocycles. The van der Waals surface area contributed by atoms with Crippen molar-refractivity contribution >= 4 is 11.6 Å². The summed E-state index contributed by atoms with van der Waals surface area (Å²) in [5.41, 5.74) is -0.0826. The van der Waals surface area contributed by atoms with Crippen LogP contribution in [0.25, 0.3) is 5.82 Å². The molecule has 0 saturated heterocycles. The maximum atomic E-state index is 12.4. The van der Waals surface area contributed by atoms with E-state index in [0.717, 1.165) is 0 Å². The van der Waals surface area contributed by atoms with Gasteiger partial charge < -0.3 is 10.4 Å². The number of hydrogen-bond acceptors (Lipinski definition) is 5. The molecule has 2 N–H and O–H groups in total. The lowest BCUT2D eigenvalue weighted by atomic mass is 9.92. The van der Waals surface area contributed by atoms with Crippen LogP contribution >= 0.6 is 0 Å². The number of nitrogens with one attached hydrogen (secondary N) is 1. The predicted octanol–water partition coefficient (Wildman–Crippen LogP) is 1.90. The lowest BCUT2D eigenvalue weighted by Crippen LogP contribution is -2.28. The number of carbonyl (C=O) groups is 1. The highest BCUT2D eigenvalue weighted by Gasteiger charge is 2.26. The van der Waals surface area contributed by atoms with Crippen LogP contribution in [-0.4, -0.2) is 30.8 Å². The van der Waals surface area contributed by atoms with Gasteiger partial charge in [0.05, 0.1) is 17.7 Å². The number of carbonyl (C=O) groups excluding carboxylic acids is 1. The van der Waals surface area contributed by atoms with Gasteiger partial charge in [-0.2, -0.15) is 5.10 Å². The summed E-state index contributed by atoms with van der Waals surface area (Å²) in [4.78, 5) is 20.5. The second-order valence-electron chi connectivity index (χ2n) is 5.58. The van der Waals surface area contributed by atoms with E-state index in [9.17, 15) is 9.90 Å². The summed E-state index contributed by atoms with van der Waals surface area (Å²) in [7, 11) is 0. The molecule has 1 atom stereocenters. The van der Waals surface area contributed by atoms with Crippen LogP contribution in [-0.2, 0) is 10.4 Å². The first-order valence-corrected chi connectivity index (χ1v) is 7.44. The third kappa shape index (κ3) is 3.47. The summed E-state index contributed by atoms with van der Waals surface area (Å²) in [6, 6.07) is 12.5. The van der Waals surface area contributed by atoms with E-state index < -0.39 is 5.60 Å². The maximum Gasteiger partial charge on any atom is 0.227 e. The largest absolute Gasteiger partial charge is 0.385 e. The Morgan fingerprint density at radius 1 is 1.25 bits per heavy atom. The summed E-state index contributed by atoms with van der Waals surface area (Å²) in [5, 5.41) is 17.4. The van der Waals surface area contributed by atoms with Crippen molar-refractivity contribution in [3.8, 4) is 5.82 Å². The van der Waals surface area contributed by atoms with Crippen LogP contribution in [0, 0.1) is 0 Å². The maximum absolute atomic E-state index is 12.4. The van der Waals surface area contributed by atoms with Gasteiger partial charge in [0.2, 0.25) is 5.91 Å². The Hall–Kier alpha value is -3.06. The van der Waals surface area contributed by atoms with Crippen LogP contribution in [0.2, 0.25) is 0 Å². The normalized spacial score (nSPS) is 13.2. The van der Waals surface area contributed by atoms with Gasteiger partial charge in [0.25, 0.3) is 0 Å². The van der Waals surface area contributed by atoms with Crippen molar-refractivity contribution in [3.05, 3.63) is 66.9 Å². The molecule has 2 heterocycles. The van der Waals surface area contributed by atoms with E-state index >= 15 is 0 Å². The Morgan fingerprint density at radius 3 is 2.75 bits per heavy atom. The average molecular weight is 323 g/mol. The summed E-state index contributed by atoms with van der Waals surface area (Å²) in [6.07, 6.45) is 4.41. The number of hydrogen-bond donors (Lipinski definition) is 2. The zero-order chi connectivity index (χ0) is 17.0. The van der Waals surface area contributed by atoms with Crippen LogP contribution in [0.1, 0.15) is 18.9 Å². The van der Waals surface area contributed by atoms with E-state index in [2.05, 4.69) is 20.4 Å². The topological polar surface area (TPSA) is 92.9 Å². The van der Waals surface area contributed by atoms with Crippen molar-refractivity contribution in [1.82, 2.24) is 19.7 Å². The molecule has 24 heavy (non-hydrogen) atoms. The SMILES string of the molecule is CC(O)(CC(=O)Nc1cccnc1-n1cncn1)c1ccccc1. The van der Waals surface area contributed by atoms with Gasteiger partial charge in [0.1, 0.15) is 12.7 Å². The molecule has 0 fully saturated rings. The van der Waals surface area contributed by atoms with Crippen molar-refractivity contribution in [2.75, 3.05) is 5.32 Å². The first-order valence-electron chi connectivity index (χ1n) is 7.44. The van der Waals surface area contributed by atoms with Gasteiger partial charge in [-0.15, -0.1) is 0 Å². The van der Waals surface area contributed by atoms with E-state index in [0.29, 0.717) is 17.1 Å². The molecule has 3 aromatic rings. The fourth-order valence-corrected chi connectivity index (χ4v) is 2.40. The molecule has 0 aliphatic carbocycles. The summed E-state index contributed by atoms with van der Waals surface area (Å²) in [6.45, 7) is 1.61. The second-order valence-corrected chi connectivity index (χ2v) is 5.58. The number of aliphatic hydroxyl groups is 1. The van der Waals surface area contributed by atoms with Crippen molar-refractivity contribution in [2.45, 2.75) is 18.9 Å². The van der Waals surface area contributed by atoms with Gasteiger partial charge in [-0.1, -0.05) is 30.3 Å². The second kappa shape index (κ2) is 6.59. The number of pyridine rings is 1. The Morgan fingerprint density at radius 2 is 2.04 bits per heavy atom. The molecule has 1 aromatic carbocycles. The molecule has 1 unspecified atom stereocenters. The lowest BCUT2D eigenvalue weighted by Gasteiger charge is -2.23. The summed E-state index contributed by atoms with van der Waals surface area (Å²) < 4.78 is 1.46. The molecule has 0 aliphatic heterocycles. The first-order chi connectivity index (χ1) is 11.6. The monoisotopic (exact) mass is 323 g/mol. The Bertz CT molecular complexity index is 816. The number of nitrogens with zero attached hydrogens (tertiary/aromatic N) is 4. The van der Waals surface area contributed by atoms with Crippen molar-refractivity contribution in [2.24, 2.45) is 0 Å². The highest BCUT2D eigenvalue weighted by molar-refractivity contribution is 5.93. The van der Waals surface area contributed by atoms with E-state index in [4.69, 9.17) is 0 Å². The molecule has 0 spiro atoms. The minimum absolute atomic E-state index is 0.0807. The molecule has 3 rings (SSSR count). The number of benzene rings is 1. The molecular weight excluding hydrogens is 306 g/mol. The number of amides is 1. The third-order valence-corrected chi connectivity index (χ3v) is 3.60. The lowest BCUT2D eigenvalue weighted by molar-refractivity contribution is -0.120. The first kappa shape index (κ1) is 15.8. The molecular formula is C17H17N5O2. The van der Waals surface area contributed by atoms with Gasteiger partial charge in [0.15, 0.2) is 5.82 Å². The van der Waals surface area contributed by atoms with Crippen LogP contribution in [0.5, 0.6) is 0 Å². The molecule has 122 valence electrons. The van der Waals surface area contributed by atoms with Gasteiger partial charge in [-0.3, -0.25) is 4.79 Å². The van der Waals surface area contributed by atoms with Crippen molar-refractivity contribution in [3.63, 3.8) is 0 Å². The summed E-state index contributed by atoms with van der Waals surface area (Å²) >= 11 is 0. The average Bonchev–Trinajstić information content (AvgIpc) is 3.10. The third-order valence-electron chi connectivity index (χ3n) is 3.60. The van der Waals surface area contributed by atoms with Gasteiger partial charge in [-0.05, 0) is 24.6 Å². The molecule has 7 nitrogen and oxygen atoms in total. The van der Waals surface area contributed by atoms with Gasteiger partial charge in [-0.25, -0.2) is 14.6 Å². The summed E-state index contributed by atoms with van der Waals surface area (Å²) in [5.74, 6) is 0.140. The Kier molecular flexibility index (Phi) is 4.35. The molecule has 0 radical (unpaired) electrons. The van der Waals surface area contributed by atoms with Crippen LogP contribution in [0.3, 0.4) is 0 Å². The molecule has 7 heteroatoms. The fraction of sp³-hybridized carbons (Fsp3) is 0.176. The molecule has 0 saturated carbocycles. The highest BCUT2D eigenvalue weighted by Crippen LogP contribution is 2.25. The van der Waals surface area contributed by atoms with Crippen LogP contribution in [0.4, 0.5) is 5.69 Å². The minimum atomic E-state index is -1.26. The Balaban J connectivity index is 1.77. The van der Waals surface area contributed by atoms with Crippen LogP contribution in [0.15, 0.2) is 61.3 Å². The smallest absolute Gasteiger partial charge is 0.227 e. The predicted molar refractivity (Wildman–Crippen MR) is 88.4 cm³/mol. The van der Waals surface area contributed by atoms with Gasteiger partial charge in [0, 0.05) is 6.20 Å². The number of anilines is 1. The molecule has 0 aliphatic rings. The zero-order valence-corrected chi connectivity index (χ0v) is 13.1. The number of aromatic nitrogens is 4.